The van der Waals surface area contributed by atoms with Gasteiger partial charge in [-0.25, -0.2) is 0 Å². The number of nitrogens with one attached hydrogen (secondary N) is 1. The first-order valence-corrected chi connectivity index (χ1v) is 8.80. The molecule has 0 aromatic rings. The largest absolute Gasteiger partial charge is 0.469 e. The molecule has 0 aromatic heterocycles. The maximum atomic E-state index is 11.9. The van der Waals surface area contributed by atoms with Crippen LogP contribution >= 0.6 is 24.0 Å². The van der Waals surface area contributed by atoms with Gasteiger partial charge >= 0.3 is 5.97 Å². The molecular formula is C17H33IN4O2. The van der Waals surface area contributed by atoms with Gasteiger partial charge in [0.05, 0.1) is 19.6 Å². The van der Waals surface area contributed by atoms with E-state index in [-0.39, 0.29) is 41.8 Å². The predicted molar refractivity (Wildman–Crippen MR) is 108 cm³/mol. The molecule has 2 aliphatic rings. The van der Waals surface area contributed by atoms with Crippen LogP contribution in [0.2, 0.25) is 0 Å². The lowest BCUT2D eigenvalue weighted by atomic mass is 9.99. The average Bonchev–Trinajstić information content (AvgIpc) is 3.32. The number of likely N-dealkylation sites (N-methyl/N-ethyl adjacent to an activating group) is 1. The summed E-state index contributed by atoms with van der Waals surface area (Å²) >= 11 is 0. The van der Waals surface area contributed by atoms with Gasteiger partial charge in [-0.2, -0.15) is 0 Å². The minimum atomic E-state index is -0.113. The number of esters is 1. The van der Waals surface area contributed by atoms with Crippen LogP contribution in [0.5, 0.6) is 0 Å². The number of likely N-dealkylation sites (tertiary alicyclic amines) is 1. The Balaban J connectivity index is 0.00000288. The van der Waals surface area contributed by atoms with Crippen LogP contribution < -0.4 is 5.32 Å². The zero-order valence-electron chi connectivity index (χ0n) is 15.6. The van der Waals surface area contributed by atoms with Crippen molar-refractivity contribution in [3.63, 3.8) is 0 Å². The Kier molecular flexibility index (Phi) is 8.76. The average molecular weight is 452 g/mol. The second-order valence-corrected chi connectivity index (χ2v) is 6.95. The molecule has 0 spiro atoms. The van der Waals surface area contributed by atoms with E-state index in [2.05, 4.69) is 42.9 Å². The molecule has 0 aromatic carbocycles. The fourth-order valence-corrected chi connectivity index (χ4v) is 3.21. The van der Waals surface area contributed by atoms with E-state index in [4.69, 9.17) is 9.73 Å². The molecule has 1 N–H and O–H groups in total. The topological polar surface area (TPSA) is 57.2 Å². The number of rotatable bonds is 6. The Labute approximate surface area is 163 Å². The minimum Gasteiger partial charge on any atom is -0.469 e. The van der Waals surface area contributed by atoms with Gasteiger partial charge in [-0.05, 0) is 39.7 Å². The number of ether oxygens (including phenoxy) is 1. The van der Waals surface area contributed by atoms with E-state index in [1.54, 1.807) is 0 Å². The van der Waals surface area contributed by atoms with Crippen molar-refractivity contribution in [1.29, 1.82) is 0 Å². The maximum Gasteiger partial charge on any atom is 0.310 e. The maximum absolute atomic E-state index is 11.9. The first-order chi connectivity index (χ1) is 11.0. The highest BCUT2D eigenvalue weighted by Gasteiger charge is 2.37. The third-order valence-corrected chi connectivity index (χ3v) is 5.07. The van der Waals surface area contributed by atoms with Crippen LogP contribution in [-0.4, -0.2) is 74.1 Å². The van der Waals surface area contributed by atoms with Gasteiger partial charge in [-0.1, -0.05) is 6.92 Å². The van der Waals surface area contributed by atoms with Gasteiger partial charge < -0.3 is 15.0 Å². The molecule has 0 bridgehead atoms. The van der Waals surface area contributed by atoms with Gasteiger partial charge in [-0.3, -0.25) is 14.7 Å². The Morgan fingerprint density at radius 3 is 2.62 bits per heavy atom. The summed E-state index contributed by atoms with van der Waals surface area (Å²) in [5.74, 6) is 1.03. The highest BCUT2D eigenvalue weighted by molar-refractivity contribution is 14.0. The zero-order valence-corrected chi connectivity index (χ0v) is 17.9. The lowest BCUT2D eigenvalue weighted by Gasteiger charge is -2.25. The number of hydrogen-bond donors (Lipinski definition) is 1. The smallest absolute Gasteiger partial charge is 0.310 e. The standard InChI is InChI=1S/C17H32N4O2.HI/c1-6-18-17(19-9-13(3)20(4)14-7-8-14)21-10-12(2)15(11-21)16(22)23-5;/h12-15H,6-11H2,1-5H3,(H,18,19);1H. The van der Waals surface area contributed by atoms with Crippen LogP contribution in [0.25, 0.3) is 0 Å². The van der Waals surface area contributed by atoms with Crippen LogP contribution in [0.1, 0.15) is 33.6 Å². The molecule has 1 heterocycles. The zero-order chi connectivity index (χ0) is 17.0. The highest BCUT2D eigenvalue weighted by atomic mass is 127. The second-order valence-electron chi connectivity index (χ2n) is 6.95. The minimum absolute atomic E-state index is 0. The number of carbonyl (C=O) groups is 1. The van der Waals surface area contributed by atoms with Crippen molar-refractivity contribution in [2.24, 2.45) is 16.8 Å². The Morgan fingerprint density at radius 2 is 2.08 bits per heavy atom. The number of aliphatic imine (C=N–C) groups is 1. The van der Waals surface area contributed by atoms with E-state index in [0.29, 0.717) is 12.6 Å². The van der Waals surface area contributed by atoms with Crippen molar-refractivity contribution in [3.8, 4) is 0 Å². The van der Waals surface area contributed by atoms with Crippen LogP contribution in [0.4, 0.5) is 0 Å². The van der Waals surface area contributed by atoms with Gasteiger partial charge in [0, 0.05) is 31.7 Å². The fraction of sp³-hybridized carbons (Fsp3) is 0.882. The summed E-state index contributed by atoms with van der Waals surface area (Å²) in [5, 5.41) is 3.37. The lowest BCUT2D eigenvalue weighted by molar-refractivity contribution is -0.145. The molecule has 24 heavy (non-hydrogen) atoms. The fourth-order valence-electron chi connectivity index (χ4n) is 3.21. The molecule has 1 saturated heterocycles. The summed E-state index contributed by atoms with van der Waals surface area (Å²) < 4.78 is 4.92. The number of guanidine groups is 1. The van der Waals surface area contributed by atoms with Crippen molar-refractivity contribution >= 4 is 35.9 Å². The molecule has 0 amide bonds. The third-order valence-electron chi connectivity index (χ3n) is 5.07. The SMILES string of the molecule is CCNC(=NCC(C)N(C)C1CC1)N1CC(C)C(C(=O)OC)C1.I. The van der Waals surface area contributed by atoms with E-state index in [0.717, 1.165) is 31.6 Å². The molecule has 1 aliphatic carbocycles. The summed E-state index contributed by atoms with van der Waals surface area (Å²) in [6.07, 6.45) is 2.63. The Morgan fingerprint density at radius 1 is 1.42 bits per heavy atom. The van der Waals surface area contributed by atoms with Gasteiger partial charge in [-0.15, -0.1) is 24.0 Å². The summed E-state index contributed by atoms with van der Waals surface area (Å²) in [6, 6.07) is 1.19. The molecule has 3 atom stereocenters. The lowest BCUT2D eigenvalue weighted by Crippen LogP contribution is -2.42. The van der Waals surface area contributed by atoms with Crippen molar-refractivity contribution in [2.45, 2.75) is 45.7 Å². The number of nitrogens with zero attached hydrogens (tertiary/aromatic N) is 3. The summed E-state index contributed by atoms with van der Waals surface area (Å²) in [5.41, 5.74) is 0. The molecular weight excluding hydrogens is 419 g/mol. The van der Waals surface area contributed by atoms with Crippen molar-refractivity contribution in [1.82, 2.24) is 15.1 Å². The third kappa shape index (κ3) is 5.47. The molecule has 2 fully saturated rings. The summed E-state index contributed by atoms with van der Waals surface area (Å²) in [7, 11) is 3.66. The van der Waals surface area contributed by atoms with Gasteiger partial charge in [0.2, 0.25) is 0 Å². The van der Waals surface area contributed by atoms with Crippen molar-refractivity contribution in [3.05, 3.63) is 0 Å². The Hall–Kier alpha value is -0.570. The number of carbonyl (C=O) groups excluding carboxylic acids is 1. The molecule has 0 radical (unpaired) electrons. The molecule has 7 heteroatoms. The first kappa shape index (κ1) is 21.5. The number of methoxy groups -OCH3 is 1. The van der Waals surface area contributed by atoms with Crippen LogP contribution in [-0.2, 0) is 9.53 Å². The molecule has 140 valence electrons. The first-order valence-electron chi connectivity index (χ1n) is 8.80. The number of hydrogen-bond acceptors (Lipinski definition) is 4. The second kappa shape index (κ2) is 9.79. The van der Waals surface area contributed by atoms with Crippen molar-refractivity contribution < 1.29 is 9.53 Å². The molecule has 1 aliphatic heterocycles. The molecule has 1 saturated carbocycles. The monoisotopic (exact) mass is 452 g/mol. The molecule has 6 nitrogen and oxygen atoms in total. The van der Waals surface area contributed by atoms with Crippen molar-refractivity contribution in [2.75, 3.05) is 40.3 Å². The highest BCUT2D eigenvalue weighted by Crippen LogP contribution is 2.27. The van der Waals surface area contributed by atoms with Gasteiger partial charge in [0.25, 0.3) is 0 Å². The van der Waals surface area contributed by atoms with E-state index < -0.39 is 0 Å². The summed E-state index contributed by atoms with van der Waals surface area (Å²) in [4.78, 5) is 21.3. The van der Waals surface area contributed by atoms with E-state index in [1.807, 2.05) is 0 Å². The normalized spacial score (nSPS) is 25.4. The predicted octanol–water partition coefficient (Wildman–Crippen LogP) is 1.79. The van der Waals surface area contributed by atoms with Crippen LogP contribution in [0.15, 0.2) is 4.99 Å². The summed E-state index contributed by atoms with van der Waals surface area (Å²) in [6.45, 7) is 9.56. The van der Waals surface area contributed by atoms with Gasteiger partial charge in [0.15, 0.2) is 5.96 Å². The van der Waals surface area contributed by atoms with Crippen LogP contribution in [0, 0.1) is 11.8 Å². The van der Waals surface area contributed by atoms with E-state index in [1.165, 1.54) is 20.0 Å². The van der Waals surface area contributed by atoms with Gasteiger partial charge in [0.1, 0.15) is 0 Å². The quantitative estimate of drug-likeness (QED) is 0.288. The van der Waals surface area contributed by atoms with Crippen LogP contribution in [0.3, 0.4) is 0 Å². The molecule has 2 rings (SSSR count). The van der Waals surface area contributed by atoms with E-state index in [9.17, 15) is 4.79 Å². The molecule has 3 unspecified atom stereocenters. The van der Waals surface area contributed by atoms with E-state index >= 15 is 0 Å². The number of halogens is 1. The Bertz CT molecular complexity index is 442.